The second-order valence-electron chi connectivity index (χ2n) is 6.33. The summed E-state index contributed by atoms with van der Waals surface area (Å²) in [7, 11) is 0. The van der Waals surface area contributed by atoms with Crippen LogP contribution < -0.4 is 5.32 Å². The van der Waals surface area contributed by atoms with Crippen molar-refractivity contribution < 1.29 is 4.79 Å². The highest BCUT2D eigenvalue weighted by Crippen LogP contribution is 2.20. The Morgan fingerprint density at radius 1 is 1.00 bits per heavy atom. The van der Waals surface area contributed by atoms with Crippen LogP contribution in [0.15, 0.2) is 79.1 Å². The van der Waals surface area contributed by atoms with Crippen LogP contribution in [0.1, 0.15) is 21.5 Å². The summed E-state index contributed by atoms with van der Waals surface area (Å²) in [6.45, 7) is 2.58. The number of nitrogens with one attached hydrogen (secondary N) is 1. The first-order valence-electron chi connectivity index (χ1n) is 8.57. The molecule has 0 spiro atoms. The van der Waals surface area contributed by atoms with Crippen LogP contribution >= 0.6 is 0 Å². The number of imidazole rings is 1. The maximum Gasteiger partial charge on any atom is 0.251 e. The lowest BCUT2D eigenvalue weighted by atomic mass is 10.1. The minimum absolute atomic E-state index is 0.0964. The van der Waals surface area contributed by atoms with Gasteiger partial charge in [-0.3, -0.25) is 9.36 Å². The average molecular weight is 341 g/mol. The molecule has 0 radical (unpaired) electrons. The number of nitrogens with zero attached hydrogens (tertiary/aromatic N) is 2. The Morgan fingerprint density at radius 3 is 2.65 bits per heavy atom. The zero-order valence-electron chi connectivity index (χ0n) is 14.5. The predicted octanol–water partition coefficient (Wildman–Crippen LogP) is 4.26. The maximum absolute atomic E-state index is 12.4. The molecule has 0 bridgehead atoms. The van der Waals surface area contributed by atoms with Crippen molar-refractivity contribution in [2.75, 3.05) is 0 Å². The van der Waals surface area contributed by atoms with E-state index in [1.807, 2.05) is 59.2 Å². The van der Waals surface area contributed by atoms with Gasteiger partial charge in [-0.1, -0.05) is 42.5 Å². The van der Waals surface area contributed by atoms with Crippen molar-refractivity contribution in [3.05, 3.63) is 95.8 Å². The third-order valence-electron chi connectivity index (χ3n) is 4.39. The van der Waals surface area contributed by atoms with E-state index in [0.29, 0.717) is 12.1 Å². The third kappa shape index (κ3) is 3.22. The number of aromatic nitrogens is 2. The van der Waals surface area contributed by atoms with Crippen molar-refractivity contribution in [1.82, 2.24) is 14.9 Å². The van der Waals surface area contributed by atoms with Crippen LogP contribution in [-0.4, -0.2) is 15.5 Å². The highest BCUT2D eigenvalue weighted by molar-refractivity contribution is 5.97. The second-order valence-corrected chi connectivity index (χ2v) is 6.33. The van der Waals surface area contributed by atoms with E-state index in [4.69, 9.17) is 0 Å². The Hall–Kier alpha value is -3.40. The van der Waals surface area contributed by atoms with E-state index in [-0.39, 0.29) is 5.91 Å². The molecule has 0 unspecified atom stereocenters. The van der Waals surface area contributed by atoms with Gasteiger partial charge in [-0.25, -0.2) is 4.98 Å². The van der Waals surface area contributed by atoms with Gasteiger partial charge in [0, 0.05) is 17.8 Å². The summed E-state index contributed by atoms with van der Waals surface area (Å²) in [5.41, 5.74) is 5.73. The summed E-state index contributed by atoms with van der Waals surface area (Å²) in [6.07, 6.45) is 1.80. The standard InChI is InChI=1S/C22H19N3O/c1-16-6-5-9-19(12-16)25-15-24-20-13-18(10-11-21(20)25)22(26)23-14-17-7-3-2-4-8-17/h2-13,15H,14H2,1H3,(H,23,26). The zero-order chi connectivity index (χ0) is 17.9. The number of benzene rings is 3. The van der Waals surface area contributed by atoms with Crippen LogP contribution in [0.3, 0.4) is 0 Å². The van der Waals surface area contributed by atoms with E-state index in [9.17, 15) is 4.79 Å². The number of rotatable bonds is 4. The van der Waals surface area contributed by atoms with Gasteiger partial charge in [-0.05, 0) is 48.4 Å². The molecule has 4 rings (SSSR count). The normalized spacial score (nSPS) is 10.8. The quantitative estimate of drug-likeness (QED) is 0.603. The molecule has 26 heavy (non-hydrogen) atoms. The molecule has 0 aliphatic heterocycles. The van der Waals surface area contributed by atoms with Gasteiger partial charge in [0.05, 0.1) is 11.0 Å². The van der Waals surface area contributed by atoms with Gasteiger partial charge >= 0.3 is 0 Å². The monoisotopic (exact) mass is 341 g/mol. The highest BCUT2D eigenvalue weighted by atomic mass is 16.1. The van der Waals surface area contributed by atoms with Gasteiger partial charge in [0.15, 0.2) is 0 Å². The fraction of sp³-hybridized carbons (Fsp3) is 0.0909. The van der Waals surface area contributed by atoms with Gasteiger partial charge in [0.1, 0.15) is 6.33 Å². The van der Waals surface area contributed by atoms with E-state index in [1.165, 1.54) is 5.56 Å². The van der Waals surface area contributed by atoms with Crippen LogP contribution in [0, 0.1) is 6.92 Å². The average Bonchev–Trinajstić information content (AvgIpc) is 3.10. The van der Waals surface area contributed by atoms with E-state index in [2.05, 4.69) is 35.4 Å². The first kappa shape index (κ1) is 16.1. The first-order valence-corrected chi connectivity index (χ1v) is 8.57. The summed E-state index contributed by atoms with van der Waals surface area (Å²) in [5, 5.41) is 2.95. The Kier molecular flexibility index (Phi) is 4.23. The molecule has 0 saturated heterocycles. The minimum Gasteiger partial charge on any atom is -0.348 e. The fourth-order valence-electron chi connectivity index (χ4n) is 3.02. The molecule has 4 aromatic rings. The molecule has 128 valence electrons. The summed E-state index contributed by atoms with van der Waals surface area (Å²) in [5.74, 6) is -0.0964. The van der Waals surface area contributed by atoms with Crippen molar-refractivity contribution in [3.63, 3.8) is 0 Å². The second kappa shape index (κ2) is 6.84. The Bertz CT molecular complexity index is 1070. The van der Waals surface area contributed by atoms with Crippen LogP contribution in [0.5, 0.6) is 0 Å². The van der Waals surface area contributed by atoms with Crippen LogP contribution in [0.4, 0.5) is 0 Å². The minimum atomic E-state index is -0.0964. The molecule has 0 aliphatic carbocycles. The largest absolute Gasteiger partial charge is 0.348 e. The van der Waals surface area contributed by atoms with Crippen molar-refractivity contribution in [2.24, 2.45) is 0 Å². The maximum atomic E-state index is 12.4. The van der Waals surface area contributed by atoms with E-state index in [0.717, 1.165) is 22.3 Å². The van der Waals surface area contributed by atoms with E-state index < -0.39 is 0 Å². The molecule has 0 saturated carbocycles. The lowest BCUT2D eigenvalue weighted by Crippen LogP contribution is -2.22. The molecule has 3 aromatic carbocycles. The molecule has 1 N–H and O–H groups in total. The smallest absolute Gasteiger partial charge is 0.251 e. The summed E-state index contributed by atoms with van der Waals surface area (Å²) in [4.78, 5) is 16.9. The van der Waals surface area contributed by atoms with Gasteiger partial charge in [-0.15, -0.1) is 0 Å². The van der Waals surface area contributed by atoms with Crippen molar-refractivity contribution in [3.8, 4) is 5.69 Å². The molecule has 0 aliphatic rings. The molecular weight excluding hydrogens is 322 g/mol. The summed E-state index contributed by atoms with van der Waals surface area (Å²) < 4.78 is 2.04. The molecule has 1 amide bonds. The Balaban J connectivity index is 1.57. The number of hydrogen-bond acceptors (Lipinski definition) is 2. The molecule has 1 heterocycles. The number of carbonyl (C=O) groups is 1. The lowest BCUT2D eigenvalue weighted by molar-refractivity contribution is 0.0951. The highest BCUT2D eigenvalue weighted by Gasteiger charge is 2.10. The van der Waals surface area contributed by atoms with Gasteiger partial charge in [0.2, 0.25) is 0 Å². The topological polar surface area (TPSA) is 46.9 Å². The molecule has 0 atom stereocenters. The lowest BCUT2D eigenvalue weighted by Gasteiger charge is -2.07. The van der Waals surface area contributed by atoms with Gasteiger partial charge in [-0.2, -0.15) is 0 Å². The fourth-order valence-corrected chi connectivity index (χ4v) is 3.02. The zero-order valence-corrected chi connectivity index (χ0v) is 14.5. The molecule has 4 heteroatoms. The number of carbonyl (C=O) groups excluding carboxylic acids is 1. The van der Waals surface area contributed by atoms with E-state index in [1.54, 1.807) is 6.33 Å². The van der Waals surface area contributed by atoms with Crippen LogP contribution in [0.25, 0.3) is 16.7 Å². The number of fused-ring (bicyclic) bond motifs is 1. The predicted molar refractivity (Wildman–Crippen MR) is 103 cm³/mol. The number of hydrogen-bond donors (Lipinski definition) is 1. The Labute approximate surface area is 152 Å². The third-order valence-corrected chi connectivity index (χ3v) is 4.39. The molecule has 4 nitrogen and oxygen atoms in total. The van der Waals surface area contributed by atoms with Crippen molar-refractivity contribution in [2.45, 2.75) is 13.5 Å². The summed E-state index contributed by atoms with van der Waals surface area (Å²) >= 11 is 0. The van der Waals surface area contributed by atoms with Crippen molar-refractivity contribution >= 4 is 16.9 Å². The van der Waals surface area contributed by atoms with Gasteiger partial charge in [0.25, 0.3) is 5.91 Å². The number of amides is 1. The SMILES string of the molecule is Cc1cccc(-n2cnc3cc(C(=O)NCc4ccccc4)ccc32)c1. The number of aryl methyl sites for hydroxylation is 1. The molecule has 0 fully saturated rings. The van der Waals surface area contributed by atoms with Gasteiger partial charge < -0.3 is 5.32 Å². The molecule has 1 aromatic heterocycles. The molecular formula is C22H19N3O. The Morgan fingerprint density at radius 2 is 1.85 bits per heavy atom. The van der Waals surface area contributed by atoms with E-state index >= 15 is 0 Å². The van der Waals surface area contributed by atoms with Crippen LogP contribution in [-0.2, 0) is 6.54 Å². The van der Waals surface area contributed by atoms with Crippen LogP contribution in [0.2, 0.25) is 0 Å². The first-order chi connectivity index (χ1) is 12.7. The van der Waals surface area contributed by atoms with Crippen molar-refractivity contribution in [1.29, 1.82) is 0 Å². The summed E-state index contributed by atoms with van der Waals surface area (Å²) in [6, 6.07) is 23.8.